The summed E-state index contributed by atoms with van der Waals surface area (Å²) in [5.41, 5.74) is 15.5. The van der Waals surface area contributed by atoms with Crippen molar-refractivity contribution in [3.63, 3.8) is 0 Å². The van der Waals surface area contributed by atoms with Gasteiger partial charge in [-0.15, -0.1) is 13.2 Å². The van der Waals surface area contributed by atoms with E-state index in [0.717, 1.165) is 36.4 Å². The van der Waals surface area contributed by atoms with Crippen LogP contribution in [0.4, 0.5) is 32.0 Å². The Balaban J connectivity index is 2.27. The molecule has 0 aliphatic heterocycles. The second-order valence-electron chi connectivity index (χ2n) is 8.88. The summed E-state index contributed by atoms with van der Waals surface area (Å²) in [5.74, 6) is -3.33. The average Bonchev–Trinajstić information content (AvgIpc) is 2.90. The zero-order chi connectivity index (χ0) is 31.7. The summed E-state index contributed by atoms with van der Waals surface area (Å²) in [6.07, 6.45) is -12.1. The summed E-state index contributed by atoms with van der Waals surface area (Å²) in [4.78, 5) is 39.8. The topological polar surface area (TPSA) is 186 Å². The van der Waals surface area contributed by atoms with Gasteiger partial charge in [0.25, 0.3) is 0 Å². The quantitative estimate of drug-likeness (QED) is 0.183. The molecule has 0 saturated heterocycles. The molecular weight excluding hydrogens is 578 g/mol. The number of nitrogens with two attached hydrogens (primary N) is 3. The molecule has 0 bridgehead atoms. The van der Waals surface area contributed by atoms with Crippen LogP contribution in [0, 0.1) is 0 Å². The molecule has 2 aromatic rings. The molecule has 3 amide bonds. The fourth-order valence-corrected chi connectivity index (χ4v) is 3.65. The standard InChI is InChI=1S/C25H30F6N6O5/c26-24(27,28)15-3-1-14(2-4-15)21(39)20(23(41)35-16-5-7-17(8-6-16)42-25(29,30)31)36-22(40)18(34)13-19(38)37(11-9-32)12-10-33/h1-8,18,20-21,39H,9-13,32-34H2,(H,35,41)(H,36,40)/t18-,20-,21+/m0/s1. The van der Waals surface area contributed by atoms with Gasteiger partial charge in [0.1, 0.15) is 17.9 Å². The molecule has 0 fully saturated rings. The number of aliphatic hydroxyl groups excluding tert-OH is 1. The molecule has 0 spiro atoms. The van der Waals surface area contributed by atoms with E-state index in [1.54, 1.807) is 0 Å². The molecule has 0 aromatic heterocycles. The number of ether oxygens (including phenoxy) is 1. The second-order valence-corrected chi connectivity index (χ2v) is 8.88. The maximum absolute atomic E-state index is 13.1. The number of amides is 3. The highest BCUT2D eigenvalue weighted by molar-refractivity contribution is 5.99. The van der Waals surface area contributed by atoms with Gasteiger partial charge in [-0.3, -0.25) is 14.4 Å². The molecule has 0 saturated carbocycles. The molecule has 0 heterocycles. The van der Waals surface area contributed by atoms with Crippen molar-refractivity contribution in [2.75, 3.05) is 31.5 Å². The van der Waals surface area contributed by atoms with E-state index in [1.165, 1.54) is 4.90 Å². The Bertz CT molecular complexity index is 1190. The Morgan fingerprint density at radius 2 is 1.43 bits per heavy atom. The van der Waals surface area contributed by atoms with Crippen molar-refractivity contribution >= 4 is 23.4 Å². The van der Waals surface area contributed by atoms with Gasteiger partial charge in [-0.2, -0.15) is 13.2 Å². The number of carbonyl (C=O) groups is 3. The number of nitrogens with zero attached hydrogens (tertiary/aromatic N) is 1. The van der Waals surface area contributed by atoms with E-state index in [1.807, 2.05) is 0 Å². The van der Waals surface area contributed by atoms with Crippen LogP contribution in [0.25, 0.3) is 0 Å². The highest BCUT2D eigenvalue weighted by Gasteiger charge is 2.35. The minimum atomic E-state index is -4.96. The molecule has 42 heavy (non-hydrogen) atoms. The Morgan fingerprint density at radius 1 is 0.881 bits per heavy atom. The lowest BCUT2D eigenvalue weighted by Gasteiger charge is -2.26. The van der Waals surface area contributed by atoms with E-state index in [9.17, 15) is 45.8 Å². The first-order valence-electron chi connectivity index (χ1n) is 12.3. The van der Waals surface area contributed by atoms with Crippen molar-refractivity contribution in [2.45, 2.75) is 37.1 Å². The molecule has 0 radical (unpaired) electrons. The Kier molecular flexibility index (Phi) is 12.1. The van der Waals surface area contributed by atoms with Crippen LogP contribution in [0.1, 0.15) is 23.7 Å². The third kappa shape index (κ3) is 10.5. The van der Waals surface area contributed by atoms with Gasteiger partial charge in [0.05, 0.1) is 18.0 Å². The molecule has 0 aliphatic rings. The summed E-state index contributed by atoms with van der Waals surface area (Å²) in [7, 11) is 0. The van der Waals surface area contributed by atoms with Gasteiger partial charge in [-0.05, 0) is 42.0 Å². The first kappa shape index (κ1) is 34.3. The molecule has 11 nitrogen and oxygen atoms in total. The van der Waals surface area contributed by atoms with Gasteiger partial charge >= 0.3 is 12.5 Å². The van der Waals surface area contributed by atoms with Crippen LogP contribution < -0.4 is 32.6 Å². The average molecular weight is 609 g/mol. The fraction of sp³-hybridized carbons (Fsp3) is 0.400. The zero-order valence-electron chi connectivity index (χ0n) is 21.9. The molecular formula is C25H30F6N6O5. The number of aliphatic hydroxyl groups is 1. The zero-order valence-corrected chi connectivity index (χ0v) is 21.9. The first-order valence-corrected chi connectivity index (χ1v) is 12.3. The van der Waals surface area contributed by atoms with Crippen LogP contribution in [0.3, 0.4) is 0 Å². The number of carbonyl (C=O) groups excluding carboxylic acids is 3. The van der Waals surface area contributed by atoms with Gasteiger partial charge in [-0.1, -0.05) is 12.1 Å². The van der Waals surface area contributed by atoms with Crippen molar-refractivity contribution in [3.8, 4) is 5.75 Å². The number of hydrogen-bond donors (Lipinski definition) is 6. The van der Waals surface area contributed by atoms with Crippen LogP contribution in [-0.2, 0) is 20.6 Å². The van der Waals surface area contributed by atoms with E-state index in [-0.39, 0.29) is 37.4 Å². The number of halogens is 6. The predicted octanol–water partition coefficient (Wildman–Crippen LogP) is 1.22. The second kappa shape index (κ2) is 14.8. The third-order valence-electron chi connectivity index (χ3n) is 5.71. The fourth-order valence-electron chi connectivity index (χ4n) is 3.65. The Morgan fingerprint density at radius 3 is 1.90 bits per heavy atom. The van der Waals surface area contributed by atoms with E-state index in [4.69, 9.17) is 17.2 Å². The summed E-state index contributed by atoms with van der Waals surface area (Å²) in [6, 6.07) is 3.55. The molecule has 2 aromatic carbocycles. The van der Waals surface area contributed by atoms with Gasteiger partial charge in [0.2, 0.25) is 17.7 Å². The van der Waals surface area contributed by atoms with E-state index in [0.29, 0.717) is 12.1 Å². The predicted molar refractivity (Wildman–Crippen MR) is 137 cm³/mol. The van der Waals surface area contributed by atoms with Crippen molar-refractivity contribution in [1.29, 1.82) is 0 Å². The van der Waals surface area contributed by atoms with Crippen LogP contribution in [0.5, 0.6) is 5.75 Å². The van der Waals surface area contributed by atoms with Gasteiger partial charge in [-0.25, -0.2) is 0 Å². The lowest BCUT2D eigenvalue weighted by atomic mass is 9.99. The summed E-state index contributed by atoms with van der Waals surface area (Å²) in [5, 5.41) is 15.4. The number of anilines is 1. The van der Waals surface area contributed by atoms with E-state index < -0.39 is 66.2 Å². The van der Waals surface area contributed by atoms with Crippen molar-refractivity contribution in [1.82, 2.24) is 10.2 Å². The van der Waals surface area contributed by atoms with Gasteiger partial charge in [0, 0.05) is 31.9 Å². The van der Waals surface area contributed by atoms with Gasteiger partial charge in [0.15, 0.2) is 0 Å². The molecule has 3 atom stereocenters. The summed E-state index contributed by atoms with van der Waals surface area (Å²) >= 11 is 0. The molecule has 232 valence electrons. The minimum absolute atomic E-state index is 0.0768. The molecule has 17 heteroatoms. The van der Waals surface area contributed by atoms with Crippen molar-refractivity contribution in [3.05, 3.63) is 59.7 Å². The third-order valence-corrected chi connectivity index (χ3v) is 5.71. The Labute approximate surface area is 235 Å². The minimum Gasteiger partial charge on any atom is -0.406 e. The number of rotatable bonds is 13. The molecule has 0 unspecified atom stereocenters. The Hall–Kier alpha value is -3.93. The number of hydrogen-bond acceptors (Lipinski definition) is 8. The summed E-state index contributed by atoms with van der Waals surface area (Å²) < 4.78 is 79.9. The van der Waals surface area contributed by atoms with E-state index >= 15 is 0 Å². The van der Waals surface area contributed by atoms with Crippen molar-refractivity contribution in [2.24, 2.45) is 17.2 Å². The normalized spacial score (nSPS) is 14.0. The van der Waals surface area contributed by atoms with E-state index in [2.05, 4.69) is 15.4 Å². The molecule has 2 rings (SSSR count). The number of nitrogens with one attached hydrogen (secondary N) is 2. The van der Waals surface area contributed by atoms with Crippen molar-refractivity contribution < 1.29 is 50.6 Å². The monoisotopic (exact) mass is 608 g/mol. The largest absolute Gasteiger partial charge is 0.573 e. The maximum Gasteiger partial charge on any atom is 0.573 e. The summed E-state index contributed by atoms with van der Waals surface area (Å²) in [6.45, 7) is 0.486. The molecule has 0 aliphatic carbocycles. The van der Waals surface area contributed by atoms with Crippen LogP contribution >= 0.6 is 0 Å². The highest BCUT2D eigenvalue weighted by atomic mass is 19.4. The number of benzene rings is 2. The SMILES string of the molecule is NCCN(CCN)C(=O)C[C@H](N)C(=O)N[C@H](C(=O)Nc1ccc(OC(F)(F)F)cc1)[C@H](O)c1ccc(C(F)(F)F)cc1. The van der Waals surface area contributed by atoms with Crippen LogP contribution in [-0.4, -0.2) is 72.4 Å². The first-order chi connectivity index (χ1) is 19.6. The maximum atomic E-state index is 13.1. The van der Waals surface area contributed by atoms with Crippen LogP contribution in [0.2, 0.25) is 0 Å². The van der Waals surface area contributed by atoms with Gasteiger partial charge < -0.3 is 42.6 Å². The number of alkyl halides is 6. The lowest BCUT2D eigenvalue weighted by Crippen LogP contribution is -2.53. The smallest absolute Gasteiger partial charge is 0.406 e. The lowest BCUT2D eigenvalue weighted by molar-refractivity contribution is -0.274. The highest BCUT2D eigenvalue weighted by Crippen LogP contribution is 2.31. The van der Waals surface area contributed by atoms with Crippen LogP contribution in [0.15, 0.2) is 48.5 Å². The molecule has 9 N–H and O–H groups in total.